The molecule has 1 fully saturated rings. The Morgan fingerprint density at radius 2 is 2.22 bits per heavy atom. The first-order chi connectivity index (χ1) is 8.68. The standard InChI is InChI=1S/C14H26N4/c1-4-5-9-15-13-16-10-11-18(13)12-14(17(2)3)7-6-8-14/h10-11H,4-9,12H2,1-3H3,(H,15,16). The van der Waals surface area contributed by atoms with E-state index in [0.717, 1.165) is 19.0 Å². The van der Waals surface area contributed by atoms with Crippen LogP contribution in [0, 0.1) is 0 Å². The van der Waals surface area contributed by atoms with E-state index < -0.39 is 0 Å². The monoisotopic (exact) mass is 250 g/mol. The number of aromatic nitrogens is 2. The minimum atomic E-state index is 0.349. The topological polar surface area (TPSA) is 33.1 Å². The lowest BCUT2D eigenvalue weighted by Gasteiger charge is -2.47. The first-order valence-corrected chi connectivity index (χ1v) is 7.10. The fraction of sp³-hybridized carbons (Fsp3) is 0.786. The van der Waals surface area contributed by atoms with Crippen LogP contribution in [0.2, 0.25) is 0 Å². The van der Waals surface area contributed by atoms with Crippen molar-refractivity contribution >= 4 is 5.95 Å². The van der Waals surface area contributed by atoms with Crippen molar-refractivity contribution in [1.29, 1.82) is 0 Å². The summed E-state index contributed by atoms with van der Waals surface area (Å²) in [7, 11) is 4.39. The molecule has 0 aliphatic heterocycles. The zero-order valence-corrected chi connectivity index (χ0v) is 11.9. The van der Waals surface area contributed by atoms with E-state index >= 15 is 0 Å². The van der Waals surface area contributed by atoms with Crippen molar-refractivity contribution in [2.45, 2.75) is 51.1 Å². The summed E-state index contributed by atoms with van der Waals surface area (Å²) in [6, 6.07) is 0. The summed E-state index contributed by atoms with van der Waals surface area (Å²) in [5, 5.41) is 3.44. The van der Waals surface area contributed by atoms with E-state index in [9.17, 15) is 0 Å². The average Bonchev–Trinajstić information content (AvgIpc) is 2.71. The zero-order chi connectivity index (χ0) is 13.0. The van der Waals surface area contributed by atoms with Gasteiger partial charge in [0, 0.05) is 31.0 Å². The molecule has 102 valence electrons. The van der Waals surface area contributed by atoms with Gasteiger partial charge < -0.3 is 14.8 Å². The van der Waals surface area contributed by atoms with Crippen molar-refractivity contribution < 1.29 is 0 Å². The molecule has 1 N–H and O–H groups in total. The molecule has 0 spiro atoms. The molecule has 0 unspecified atom stereocenters. The van der Waals surface area contributed by atoms with Gasteiger partial charge in [0.15, 0.2) is 0 Å². The van der Waals surface area contributed by atoms with Gasteiger partial charge in [-0.15, -0.1) is 0 Å². The van der Waals surface area contributed by atoms with Gasteiger partial charge in [-0.25, -0.2) is 4.98 Å². The molecule has 1 aliphatic carbocycles. The van der Waals surface area contributed by atoms with E-state index in [4.69, 9.17) is 0 Å². The lowest BCUT2D eigenvalue weighted by atomic mass is 9.75. The predicted octanol–water partition coefficient (Wildman–Crippen LogP) is 2.58. The average molecular weight is 250 g/mol. The largest absolute Gasteiger partial charge is 0.356 e. The summed E-state index contributed by atoms with van der Waals surface area (Å²) in [6.45, 7) is 4.28. The lowest BCUT2D eigenvalue weighted by molar-refractivity contribution is 0.0429. The van der Waals surface area contributed by atoms with Gasteiger partial charge in [-0.05, 0) is 39.8 Å². The van der Waals surface area contributed by atoms with Gasteiger partial charge in [0.25, 0.3) is 0 Å². The van der Waals surface area contributed by atoms with Gasteiger partial charge in [0.1, 0.15) is 0 Å². The quantitative estimate of drug-likeness (QED) is 0.755. The molecule has 4 nitrogen and oxygen atoms in total. The minimum Gasteiger partial charge on any atom is -0.356 e. The molecule has 0 atom stereocenters. The second kappa shape index (κ2) is 5.74. The summed E-state index contributed by atoms with van der Waals surface area (Å²) in [5.41, 5.74) is 0.349. The number of hydrogen-bond donors (Lipinski definition) is 1. The zero-order valence-electron chi connectivity index (χ0n) is 11.9. The molecular formula is C14H26N4. The number of anilines is 1. The van der Waals surface area contributed by atoms with Gasteiger partial charge in [0.2, 0.25) is 5.95 Å². The molecule has 18 heavy (non-hydrogen) atoms. The molecule has 0 amide bonds. The molecule has 0 saturated heterocycles. The van der Waals surface area contributed by atoms with Crippen molar-refractivity contribution in [2.75, 3.05) is 26.0 Å². The van der Waals surface area contributed by atoms with Crippen molar-refractivity contribution in [3.05, 3.63) is 12.4 Å². The Morgan fingerprint density at radius 3 is 2.78 bits per heavy atom. The number of imidazole rings is 1. The minimum absolute atomic E-state index is 0.349. The Kier molecular flexibility index (Phi) is 4.27. The van der Waals surface area contributed by atoms with Crippen LogP contribution in [-0.2, 0) is 6.54 Å². The molecule has 2 rings (SSSR count). The second-order valence-electron chi connectivity index (χ2n) is 5.63. The third-order valence-electron chi connectivity index (χ3n) is 4.23. The van der Waals surface area contributed by atoms with Crippen LogP contribution in [0.1, 0.15) is 39.0 Å². The molecule has 0 radical (unpaired) electrons. The highest BCUT2D eigenvalue weighted by Crippen LogP contribution is 2.38. The fourth-order valence-electron chi connectivity index (χ4n) is 2.63. The number of rotatable bonds is 7. The maximum Gasteiger partial charge on any atom is 0.202 e. The molecule has 1 saturated carbocycles. The highest BCUT2D eigenvalue weighted by Gasteiger charge is 2.39. The van der Waals surface area contributed by atoms with Crippen LogP contribution in [0.15, 0.2) is 12.4 Å². The van der Waals surface area contributed by atoms with Gasteiger partial charge in [-0.1, -0.05) is 13.3 Å². The first-order valence-electron chi connectivity index (χ1n) is 7.10. The SMILES string of the molecule is CCCCNc1nccn1CC1(N(C)C)CCC1. The van der Waals surface area contributed by atoms with Crippen LogP contribution in [0.3, 0.4) is 0 Å². The van der Waals surface area contributed by atoms with Crippen LogP contribution >= 0.6 is 0 Å². The molecule has 1 aromatic rings. The van der Waals surface area contributed by atoms with Gasteiger partial charge in [-0.2, -0.15) is 0 Å². The summed E-state index contributed by atoms with van der Waals surface area (Å²) >= 11 is 0. The maximum absolute atomic E-state index is 4.42. The smallest absolute Gasteiger partial charge is 0.202 e. The Hall–Kier alpha value is -1.03. The first kappa shape index (κ1) is 13.4. The highest BCUT2D eigenvalue weighted by molar-refractivity contribution is 5.26. The van der Waals surface area contributed by atoms with Crippen molar-refractivity contribution in [1.82, 2.24) is 14.5 Å². The summed E-state index contributed by atoms with van der Waals surface area (Å²) in [4.78, 5) is 6.80. The number of likely N-dealkylation sites (N-methyl/N-ethyl adjacent to an activating group) is 1. The van der Waals surface area contributed by atoms with E-state index in [-0.39, 0.29) is 0 Å². The maximum atomic E-state index is 4.42. The number of nitrogens with zero attached hydrogens (tertiary/aromatic N) is 3. The lowest BCUT2D eigenvalue weighted by Crippen LogP contribution is -2.53. The van der Waals surface area contributed by atoms with Crippen LogP contribution in [-0.4, -0.2) is 40.6 Å². The number of hydrogen-bond acceptors (Lipinski definition) is 3. The van der Waals surface area contributed by atoms with Crippen LogP contribution in [0.4, 0.5) is 5.95 Å². The van der Waals surface area contributed by atoms with E-state index in [1.807, 2.05) is 6.20 Å². The number of nitrogens with one attached hydrogen (secondary N) is 1. The molecule has 0 bridgehead atoms. The van der Waals surface area contributed by atoms with Gasteiger partial charge in [0.05, 0.1) is 0 Å². The number of unbranched alkanes of at least 4 members (excludes halogenated alkanes) is 1. The summed E-state index contributed by atoms with van der Waals surface area (Å²) in [5.74, 6) is 1.02. The van der Waals surface area contributed by atoms with E-state index in [1.54, 1.807) is 0 Å². The van der Waals surface area contributed by atoms with Gasteiger partial charge in [-0.3, -0.25) is 0 Å². The van der Waals surface area contributed by atoms with Crippen molar-refractivity contribution in [3.8, 4) is 0 Å². The Labute approximate surface area is 110 Å². The van der Waals surface area contributed by atoms with Crippen LogP contribution in [0.25, 0.3) is 0 Å². The highest BCUT2D eigenvalue weighted by atomic mass is 15.2. The van der Waals surface area contributed by atoms with E-state index in [2.05, 4.69) is 47.0 Å². The van der Waals surface area contributed by atoms with E-state index in [0.29, 0.717) is 5.54 Å². The Morgan fingerprint density at radius 1 is 1.44 bits per heavy atom. The second-order valence-corrected chi connectivity index (χ2v) is 5.63. The summed E-state index contributed by atoms with van der Waals surface area (Å²) < 4.78 is 2.27. The summed E-state index contributed by atoms with van der Waals surface area (Å²) in [6.07, 6.45) is 10.4. The van der Waals surface area contributed by atoms with Crippen LogP contribution in [0.5, 0.6) is 0 Å². The third kappa shape index (κ3) is 2.69. The molecule has 0 aromatic carbocycles. The molecule has 1 aromatic heterocycles. The predicted molar refractivity (Wildman–Crippen MR) is 75.9 cm³/mol. The normalized spacial score (nSPS) is 17.8. The van der Waals surface area contributed by atoms with Crippen molar-refractivity contribution in [2.24, 2.45) is 0 Å². The van der Waals surface area contributed by atoms with Crippen LogP contribution < -0.4 is 5.32 Å². The molecule has 1 aliphatic rings. The molecule has 1 heterocycles. The fourth-order valence-corrected chi connectivity index (χ4v) is 2.63. The Balaban J connectivity index is 1.98. The van der Waals surface area contributed by atoms with Crippen molar-refractivity contribution in [3.63, 3.8) is 0 Å². The van der Waals surface area contributed by atoms with E-state index in [1.165, 1.54) is 32.1 Å². The Bertz CT molecular complexity index is 366. The third-order valence-corrected chi connectivity index (χ3v) is 4.23. The molecule has 4 heteroatoms. The van der Waals surface area contributed by atoms with Gasteiger partial charge >= 0.3 is 0 Å². The molecular weight excluding hydrogens is 224 g/mol.